The Morgan fingerprint density at radius 2 is 2.14 bits per heavy atom. The van der Waals surface area contributed by atoms with Gasteiger partial charge in [0.25, 0.3) is 0 Å². The van der Waals surface area contributed by atoms with E-state index in [1.54, 1.807) is 14.2 Å². The fourth-order valence-electron chi connectivity index (χ4n) is 2.80. The molecule has 0 spiro atoms. The number of hydrogen-bond donors (Lipinski definition) is 1. The predicted octanol–water partition coefficient (Wildman–Crippen LogP) is 2.05. The van der Waals surface area contributed by atoms with Crippen LogP contribution >= 0.6 is 0 Å². The highest BCUT2D eigenvalue weighted by molar-refractivity contribution is 5.80. The van der Waals surface area contributed by atoms with E-state index in [9.17, 15) is 8.78 Å². The first-order valence-corrected chi connectivity index (χ1v) is 7.53. The summed E-state index contributed by atoms with van der Waals surface area (Å²) in [5.74, 6) is 0.277. The minimum atomic E-state index is -0.502. The van der Waals surface area contributed by atoms with Gasteiger partial charge >= 0.3 is 0 Å². The Balaban J connectivity index is 1.85. The van der Waals surface area contributed by atoms with Crippen molar-refractivity contribution in [2.75, 3.05) is 40.4 Å². The van der Waals surface area contributed by atoms with E-state index in [2.05, 4.69) is 15.2 Å². The number of benzene rings is 1. The second-order valence-corrected chi connectivity index (χ2v) is 5.48. The smallest absolute Gasteiger partial charge is 0.193 e. The van der Waals surface area contributed by atoms with Crippen LogP contribution in [0.5, 0.6) is 0 Å². The van der Waals surface area contributed by atoms with Gasteiger partial charge in [0.2, 0.25) is 0 Å². The van der Waals surface area contributed by atoms with Crippen molar-refractivity contribution in [2.24, 2.45) is 10.9 Å². The molecule has 1 aliphatic rings. The SMILES string of the molecule is CN=C(NCCc1c(F)cccc1F)N1CCC(COC)C1. The van der Waals surface area contributed by atoms with Crippen molar-refractivity contribution in [1.29, 1.82) is 0 Å². The second kappa shape index (κ2) is 8.08. The standard InChI is InChI=1S/C16H23F2N3O/c1-19-16(21-9-7-12(10-21)11-22-2)20-8-6-13-14(17)4-3-5-15(13)18/h3-5,12H,6-11H2,1-2H3,(H,19,20). The molecule has 1 heterocycles. The molecular weight excluding hydrogens is 288 g/mol. The van der Waals surface area contributed by atoms with Gasteiger partial charge < -0.3 is 15.0 Å². The third kappa shape index (κ3) is 4.16. The maximum Gasteiger partial charge on any atom is 0.193 e. The van der Waals surface area contributed by atoms with E-state index >= 15 is 0 Å². The number of aliphatic imine (C=N–C) groups is 1. The molecule has 4 nitrogen and oxygen atoms in total. The summed E-state index contributed by atoms with van der Waals surface area (Å²) in [5.41, 5.74) is 0.115. The van der Waals surface area contributed by atoms with Gasteiger partial charge in [-0.3, -0.25) is 4.99 Å². The van der Waals surface area contributed by atoms with Crippen molar-refractivity contribution in [3.63, 3.8) is 0 Å². The highest BCUT2D eigenvalue weighted by Crippen LogP contribution is 2.16. The lowest BCUT2D eigenvalue weighted by Gasteiger charge is -2.21. The van der Waals surface area contributed by atoms with Crippen molar-refractivity contribution in [2.45, 2.75) is 12.8 Å². The summed E-state index contributed by atoms with van der Waals surface area (Å²) in [4.78, 5) is 6.40. The summed E-state index contributed by atoms with van der Waals surface area (Å²) in [6.07, 6.45) is 1.35. The fraction of sp³-hybridized carbons (Fsp3) is 0.562. The summed E-state index contributed by atoms with van der Waals surface area (Å²) < 4.78 is 32.3. The molecule has 0 aliphatic carbocycles. The van der Waals surface area contributed by atoms with Crippen LogP contribution < -0.4 is 5.32 Å². The quantitative estimate of drug-likeness (QED) is 0.668. The average molecular weight is 311 g/mol. The summed E-state index contributed by atoms with van der Waals surface area (Å²) >= 11 is 0. The van der Waals surface area contributed by atoms with Gasteiger partial charge in [-0.1, -0.05) is 6.07 Å². The van der Waals surface area contributed by atoms with Crippen molar-refractivity contribution in [1.82, 2.24) is 10.2 Å². The molecule has 0 aromatic heterocycles. The van der Waals surface area contributed by atoms with E-state index in [1.807, 2.05) is 0 Å². The third-order valence-corrected chi connectivity index (χ3v) is 3.92. The van der Waals surface area contributed by atoms with Gasteiger partial charge in [0.15, 0.2) is 5.96 Å². The molecule has 0 radical (unpaired) electrons. The molecule has 0 saturated carbocycles. The summed E-state index contributed by atoms with van der Waals surface area (Å²) in [6.45, 7) is 2.99. The molecule has 122 valence electrons. The fourth-order valence-corrected chi connectivity index (χ4v) is 2.80. The number of likely N-dealkylation sites (tertiary alicyclic amines) is 1. The van der Waals surface area contributed by atoms with Gasteiger partial charge in [0, 0.05) is 45.3 Å². The Labute approximate surface area is 130 Å². The van der Waals surface area contributed by atoms with Crippen molar-refractivity contribution in [3.05, 3.63) is 35.4 Å². The normalized spacial score (nSPS) is 18.8. The first-order valence-electron chi connectivity index (χ1n) is 7.53. The lowest BCUT2D eigenvalue weighted by Crippen LogP contribution is -2.41. The number of rotatable bonds is 5. The number of nitrogens with zero attached hydrogens (tertiary/aromatic N) is 2. The molecule has 1 saturated heterocycles. The Morgan fingerprint density at radius 1 is 1.41 bits per heavy atom. The van der Waals surface area contributed by atoms with E-state index in [4.69, 9.17) is 4.74 Å². The molecule has 1 unspecified atom stereocenters. The van der Waals surface area contributed by atoms with Crippen LogP contribution in [0.15, 0.2) is 23.2 Å². The highest BCUT2D eigenvalue weighted by atomic mass is 19.1. The summed E-state index contributed by atoms with van der Waals surface area (Å²) in [7, 11) is 3.42. The molecule has 1 aromatic carbocycles. The van der Waals surface area contributed by atoms with Gasteiger partial charge in [-0.25, -0.2) is 8.78 Å². The zero-order valence-electron chi connectivity index (χ0n) is 13.1. The highest BCUT2D eigenvalue weighted by Gasteiger charge is 2.24. The van der Waals surface area contributed by atoms with E-state index in [0.29, 0.717) is 12.5 Å². The largest absolute Gasteiger partial charge is 0.384 e. The van der Waals surface area contributed by atoms with Crippen LogP contribution in [0.3, 0.4) is 0 Å². The number of hydrogen-bond acceptors (Lipinski definition) is 2. The van der Waals surface area contributed by atoms with Crippen molar-refractivity contribution in [3.8, 4) is 0 Å². The molecule has 6 heteroatoms. The zero-order chi connectivity index (χ0) is 15.9. The maximum atomic E-state index is 13.6. The van der Waals surface area contributed by atoms with Crippen LogP contribution in [-0.2, 0) is 11.2 Å². The van der Waals surface area contributed by atoms with Gasteiger partial charge in [-0.15, -0.1) is 0 Å². The average Bonchev–Trinajstić information content (AvgIpc) is 2.95. The Kier molecular flexibility index (Phi) is 6.12. The Hall–Kier alpha value is -1.69. The number of guanidine groups is 1. The van der Waals surface area contributed by atoms with E-state index in [1.165, 1.54) is 18.2 Å². The van der Waals surface area contributed by atoms with Crippen LogP contribution in [0.25, 0.3) is 0 Å². The van der Waals surface area contributed by atoms with Gasteiger partial charge in [0.05, 0.1) is 6.61 Å². The first kappa shape index (κ1) is 16.7. The lowest BCUT2D eigenvalue weighted by atomic mass is 10.1. The third-order valence-electron chi connectivity index (χ3n) is 3.92. The minimum Gasteiger partial charge on any atom is -0.384 e. The van der Waals surface area contributed by atoms with Crippen LogP contribution in [-0.4, -0.2) is 51.3 Å². The van der Waals surface area contributed by atoms with Crippen molar-refractivity contribution >= 4 is 5.96 Å². The first-order chi connectivity index (χ1) is 10.7. The van der Waals surface area contributed by atoms with E-state index < -0.39 is 11.6 Å². The Morgan fingerprint density at radius 3 is 2.77 bits per heavy atom. The molecule has 1 aliphatic heterocycles. The molecule has 1 atom stereocenters. The number of halogens is 2. The summed E-state index contributed by atoms with van der Waals surface area (Å²) in [5, 5.41) is 3.18. The molecule has 1 aromatic rings. The molecule has 1 fully saturated rings. The molecule has 2 rings (SSSR count). The van der Waals surface area contributed by atoms with E-state index in [0.717, 1.165) is 32.1 Å². The second-order valence-electron chi connectivity index (χ2n) is 5.48. The monoisotopic (exact) mass is 311 g/mol. The predicted molar refractivity (Wildman–Crippen MR) is 83.0 cm³/mol. The van der Waals surface area contributed by atoms with E-state index in [-0.39, 0.29) is 12.0 Å². The maximum absolute atomic E-state index is 13.6. The van der Waals surface area contributed by atoms with Crippen LogP contribution in [0.1, 0.15) is 12.0 Å². The number of nitrogens with one attached hydrogen (secondary N) is 1. The topological polar surface area (TPSA) is 36.9 Å². The molecule has 0 bridgehead atoms. The molecule has 1 N–H and O–H groups in total. The minimum absolute atomic E-state index is 0.115. The zero-order valence-corrected chi connectivity index (χ0v) is 13.1. The molecule has 22 heavy (non-hydrogen) atoms. The molecule has 0 amide bonds. The van der Waals surface area contributed by atoms with Gasteiger partial charge in [-0.05, 0) is 25.0 Å². The summed E-state index contributed by atoms with van der Waals surface area (Å²) in [6, 6.07) is 3.94. The lowest BCUT2D eigenvalue weighted by molar-refractivity contribution is 0.157. The van der Waals surface area contributed by atoms with Gasteiger partial charge in [0.1, 0.15) is 11.6 Å². The number of ether oxygens (including phenoxy) is 1. The molecular formula is C16H23F2N3O. The van der Waals surface area contributed by atoms with Crippen LogP contribution in [0.2, 0.25) is 0 Å². The van der Waals surface area contributed by atoms with Crippen LogP contribution in [0, 0.1) is 17.6 Å². The van der Waals surface area contributed by atoms with Crippen molar-refractivity contribution < 1.29 is 13.5 Å². The Bertz CT molecular complexity index is 502. The van der Waals surface area contributed by atoms with Gasteiger partial charge in [-0.2, -0.15) is 0 Å². The van der Waals surface area contributed by atoms with Crippen LogP contribution in [0.4, 0.5) is 8.78 Å². The number of methoxy groups -OCH3 is 1.